The molecule has 0 spiro atoms. The topological polar surface area (TPSA) is 78.9 Å². The summed E-state index contributed by atoms with van der Waals surface area (Å²) >= 11 is 0. The van der Waals surface area contributed by atoms with E-state index in [2.05, 4.69) is 25.2 Å². The molecule has 42 heavy (non-hydrogen) atoms. The number of rotatable bonds is 7. The first-order valence-corrected chi connectivity index (χ1v) is 14.8. The number of phenolic OH excluding ortho intramolecular Hbond substituents is 1. The molecule has 6 nitrogen and oxygen atoms in total. The van der Waals surface area contributed by atoms with Crippen LogP contribution in [0, 0.1) is 31.6 Å². The molecule has 3 aromatic rings. The van der Waals surface area contributed by atoms with Gasteiger partial charge in [0.25, 0.3) is 0 Å². The summed E-state index contributed by atoms with van der Waals surface area (Å²) in [6.07, 6.45) is 4.43. The van der Waals surface area contributed by atoms with Crippen LogP contribution >= 0.6 is 0 Å². The maximum atomic E-state index is 13.8. The molecule has 2 N–H and O–H groups in total. The van der Waals surface area contributed by atoms with Gasteiger partial charge in [0, 0.05) is 17.3 Å². The maximum absolute atomic E-state index is 13.8. The zero-order valence-corrected chi connectivity index (χ0v) is 24.7. The highest BCUT2D eigenvalue weighted by molar-refractivity contribution is 6.22. The third kappa shape index (κ3) is 5.16. The number of fused-ring (bicyclic) bond motifs is 3. The molecule has 0 radical (unpaired) electrons. The summed E-state index contributed by atoms with van der Waals surface area (Å²) in [6, 6.07) is 21.4. The Bertz CT molecular complexity index is 1570. The van der Waals surface area contributed by atoms with Crippen LogP contribution in [-0.2, 0) is 14.3 Å². The quantitative estimate of drug-likeness (QED) is 0.231. The summed E-state index contributed by atoms with van der Waals surface area (Å²) in [5, 5.41) is 13.4. The van der Waals surface area contributed by atoms with Gasteiger partial charge in [0.05, 0.1) is 30.2 Å². The van der Waals surface area contributed by atoms with Crippen LogP contribution in [0.3, 0.4) is 0 Å². The minimum Gasteiger partial charge on any atom is -0.507 e. The summed E-state index contributed by atoms with van der Waals surface area (Å²) in [6.45, 7) is 8.54. The van der Waals surface area contributed by atoms with Crippen molar-refractivity contribution in [3.8, 4) is 5.75 Å². The van der Waals surface area contributed by atoms with E-state index in [0.29, 0.717) is 24.5 Å². The average molecular weight is 563 g/mol. The molecule has 2 amide bonds. The molecule has 2 aliphatic heterocycles. The van der Waals surface area contributed by atoms with Crippen LogP contribution in [0.2, 0.25) is 0 Å². The van der Waals surface area contributed by atoms with E-state index < -0.39 is 0 Å². The average Bonchev–Trinajstić information content (AvgIpc) is 3.50. The number of imide groups is 1. The van der Waals surface area contributed by atoms with Crippen molar-refractivity contribution < 1.29 is 19.4 Å². The number of ether oxygens (including phenoxy) is 1. The molecule has 6 rings (SSSR count). The van der Waals surface area contributed by atoms with Gasteiger partial charge in [-0.15, -0.1) is 0 Å². The van der Waals surface area contributed by atoms with Crippen molar-refractivity contribution in [2.45, 2.75) is 53.1 Å². The summed E-state index contributed by atoms with van der Waals surface area (Å²) in [7, 11) is 0. The van der Waals surface area contributed by atoms with Crippen molar-refractivity contribution in [3.05, 3.63) is 100 Å². The van der Waals surface area contributed by atoms with Crippen molar-refractivity contribution in [1.29, 1.82) is 0 Å². The highest BCUT2D eigenvalue weighted by Crippen LogP contribution is 2.50. The Morgan fingerprint density at radius 1 is 0.952 bits per heavy atom. The zero-order valence-electron chi connectivity index (χ0n) is 24.7. The molecule has 4 atom stereocenters. The predicted octanol–water partition coefficient (Wildman–Crippen LogP) is 7.48. The van der Waals surface area contributed by atoms with E-state index in [9.17, 15) is 14.7 Å². The lowest BCUT2D eigenvalue weighted by atomic mass is 9.70. The number of hydrogen-bond acceptors (Lipinski definition) is 5. The van der Waals surface area contributed by atoms with Gasteiger partial charge in [-0.25, -0.2) is 0 Å². The lowest BCUT2D eigenvalue weighted by molar-refractivity contribution is -0.122. The third-order valence-corrected chi connectivity index (χ3v) is 9.07. The second-order valence-electron chi connectivity index (χ2n) is 12.1. The second kappa shape index (κ2) is 11.3. The molecule has 3 aromatic carbocycles. The molecule has 6 heteroatoms. The van der Waals surface area contributed by atoms with Gasteiger partial charge < -0.3 is 15.2 Å². The third-order valence-electron chi connectivity index (χ3n) is 9.07. The van der Waals surface area contributed by atoms with Crippen LogP contribution in [0.4, 0.5) is 17.1 Å². The smallest absolute Gasteiger partial charge is 0.238 e. The van der Waals surface area contributed by atoms with Gasteiger partial charge in [-0.3, -0.25) is 14.5 Å². The lowest BCUT2D eigenvalue weighted by Gasteiger charge is -2.30. The number of hydrogen-bond donors (Lipinski definition) is 2. The second-order valence-corrected chi connectivity index (χ2v) is 12.1. The maximum Gasteiger partial charge on any atom is 0.238 e. The van der Waals surface area contributed by atoms with Gasteiger partial charge in [0.1, 0.15) is 5.75 Å². The van der Waals surface area contributed by atoms with Gasteiger partial charge in [0.2, 0.25) is 11.8 Å². The summed E-state index contributed by atoms with van der Waals surface area (Å²) < 4.78 is 6.32. The van der Waals surface area contributed by atoms with E-state index in [1.165, 1.54) is 21.6 Å². The van der Waals surface area contributed by atoms with Crippen LogP contribution in [0.15, 0.2) is 83.4 Å². The summed E-state index contributed by atoms with van der Waals surface area (Å²) in [5.41, 5.74) is 8.98. The van der Waals surface area contributed by atoms with E-state index in [0.717, 1.165) is 40.9 Å². The van der Waals surface area contributed by atoms with Crippen LogP contribution < -0.4 is 10.2 Å². The van der Waals surface area contributed by atoms with Crippen molar-refractivity contribution in [2.24, 2.45) is 17.8 Å². The molecule has 0 unspecified atom stereocenters. The largest absolute Gasteiger partial charge is 0.507 e. The number of amides is 2. The standard InChI is InChI=1S/C36H38N2O4/c1-21(16-25-17-23(3)34(39)24(4)18-25)10-15-31-32-22(2)19-29-33(30(32)20-42-31)36(41)38(35(29)40)28-13-11-27(12-14-28)37-26-8-6-5-7-9-26/h5-9,11-14,16-18,29-31,33,37,39H,10,15,19-20H2,1-4H3/b21-16+/t29-,30+,31-,33-/m1/s1. The number of para-hydroxylation sites is 1. The van der Waals surface area contributed by atoms with E-state index in [1.807, 2.05) is 80.6 Å². The SMILES string of the molecule is CC1=C2[C@@H](CC/C(C)=C/c3cc(C)c(O)c(C)c3)OC[C@@H]2[C@@H]2C(=O)N(c3ccc(Nc4ccccc4)cc3)C(=O)[C@@H]2C1. The highest BCUT2D eigenvalue weighted by Gasteiger charge is 2.56. The van der Waals surface area contributed by atoms with Gasteiger partial charge in [-0.2, -0.15) is 0 Å². The number of carbonyl (C=O) groups is 2. The number of benzene rings is 3. The number of allylic oxidation sites excluding steroid dienone is 2. The molecule has 2 fully saturated rings. The van der Waals surface area contributed by atoms with Crippen LogP contribution in [0.25, 0.3) is 6.08 Å². The molecule has 0 saturated carbocycles. The summed E-state index contributed by atoms with van der Waals surface area (Å²) in [4.78, 5) is 28.8. The molecule has 1 aliphatic carbocycles. The number of nitrogens with zero attached hydrogens (tertiary/aromatic N) is 1. The van der Waals surface area contributed by atoms with Crippen LogP contribution in [0.5, 0.6) is 5.75 Å². The normalized spacial score (nSPS) is 23.8. The zero-order chi connectivity index (χ0) is 29.5. The van der Waals surface area contributed by atoms with E-state index in [4.69, 9.17) is 4.74 Å². The monoisotopic (exact) mass is 562 g/mol. The minimum atomic E-state index is -0.372. The molecular formula is C36H38N2O4. The summed E-state index contributed by atoms with van der Waals surface area (Å²) in [5.74, 6) is -0.623. The van der Waals surface area contributed by atoms with Crippen LogP contribution in [0.1, 0.15) is 49.8 Å². The first kappa shape index (κ1) is 28.0. The number of anilines is 3. The minimum absolute atomic E-state index is 0.0390. The van der Waals surface area contributed by atoms with Crippen molar-refractivity contribution in [3.63, 3.8) is 0 Å². The van der Waals surface area contributed by atoms with E-state index >= 15 is 0 Å². The Kier molecular flexibility index (Phi) is 7.50. The number of nitrogens with one attached hydrogen (secondary N) is 1. The number of aryl methyl sites for hydroxylation is 2. The van der Waals surface area contributed by atoms with E-state index in [-0.39, 0.29) is 35.7 Å². The van der Waals surface area contributed by atoms with Gasteiger partial charge in [-0.1, -0.05) is 35.4 Å². The highest BCUT2D eigenvalue weighted by atomic mass is 16.5. The van der Waals surface area contributed by atoms with Crippen molar-refractivity contribution in [1.82, 2.24) is 0 Å². The predicted molar refractivity (Wildman–Crippen MR) is 167 cm³/mol. The first-order chi connectivity index (χ1) is 20.2. The lowest BCUT2D eigenvalue weighted by Crippen LogP contribution is -2.34. The fraction of sp³-hybridized carbons (Fsp3) is 0.333. The van der Waals surface area contributed by atoms with Crippen molar-refractivity contribution in [2.75, 3.05) is 16.8 Å². The fourth-order valence-electron chi connectivity index (χ4n) is 7.05. The molecule has 216 valence electrons. The Morgan fingerprint density at radius 3 is 2.31 bits per heavy atom. The number of carbonyl (C=O) groups excluding carboxylic acids is 2. The molecule has 0 aromatic heterocycles. The molecule has 3 aliphatic rings. The first-order valence-electron chi connectivity index (χ1n) is 14.8. The Balaban J connectivity index is 1.15. The van der Waals surface area contributed by atoms with Crippen LogP contribution in [-0.4, -0.2) is 29.6 Å². The molecular weight excluding hydrogens is 524 g/mol. The Morgan fingerprint density at radius 2 is 1.62 bits per heavy atom. The van der Waals surface area contributed by atoms with Gasteiger partial charge in [-0.05, 0) is 118 Å². The molecule has 0 bridgehead atoms. The Labute approximate surface area is 247 Å². The molecule has 2 heterocycles. The van der Waals surface area contributed by atoms with Crippen molar-refractivity contribution >= 4 is 35.0 Å². The molecule has 2 saturated heterocycles. The number of phenols is 1. The van der Waals surface area contributed by atoms with E-state index in [1.54, 1.807) is 0 Å². The fourth-order valence-corrected chi connectivity index (χ4v) is 7.05. The Hall–Kier alpha value is -4.16. The number of aromatic hydroxyl groups is 1. The van der Waals surface area contributed by atoms with Gasteiger partial charge in [0.15, 0.2) is 0 Å². The van der Waals surface area contributed by atoms with Gasteiger partial charge >= 0.3 is 0 Å².